The minimum atomic E-state index is 0.459. The Morgan fingerprint density at radius 3 is 2.94 bits per heavy atom. The molecule has 2 heterocycles. The minimum Gasteiger partial charge on any atom is -0.379 e. The van der Waals surface area contributed by atoms with Gasteiger partial charge in [0, 0.05) is 19.7 Å². The van der Waals surface area contributed by atoms with Gasteiger partial charge in [0.1, 0.15) is 17.5 Å². The van der Waals surface area contributed by atoms with Crippen molar-refractivity contribution >= 4 is 17.6 Å². The topological polar surface area (TPSA) is 56.3 Å². The molecule has 0 aliphatic carbocycles. The van der Waals surface area contributed by atoms with E-state index in [4.69, 9.17) is 9.47 Å². The highest BCUT2D eigenvalue weighted by molar-refractivity contribution is 8.00. The van der Waals surface area contributed by atoms with Gasteiger partial charge in [0.2, 0.25) is 0 Å². The molecule has 17 heavy (non-hydrogen) atoms. The van der Waals surface area contributed by atoms with Crippen LogP contribution in [-0.4, -0.2) is 42.1 Å². The molecule has 1 aromatic heterocycles. The molecule has 5 nitrogen and oxygen atoms in total. The maximum atomic E-state index is 5.33. The van der Waals surface area contributed by atoms with Gasteiger partial charge in [-0.05, 0) is 6.92 Å². The van der Waals surface area contributed by atoms with Gasteiger partial charge in [-0.1, -0.05) is 11.8 Å². The summed E-state index contributed by atoms with van der Waals surface area (Å²) in [5.74, 6) is 1.55. The predicted octanol–water partition coefficient (Wildman–Crippen LogP) is 1.55. The first kappa shape index (κ1) is 12.6. The van der Waals surface area contributed by atoms with E-state index in [-0.39, 0.29) is 0 Å². The molecule has 0 bridgehead atoms. The van der Waals surface area contributed by atoms with Gasteiger partial charge in [0.05, 0.1) is 18.5 Å². The quantitative estimate of drug-likeness (QED) is 0.778. The molecule has 2 rings (SSSR count). The number of hydrogen-bond acceptors (Lipinski definition) is 6. The number of ether oxygens (including phenoxy) is 2. The van der Waals surface area contributed by atoms with Crippen molar-refractivity contribution in [1.82, 2.24) is 9.97 Å². The molecular weight excluding hydrogens is 238 g/mol. The third kappa shape index (κ3) is 3.55. The van der Waals surface area contributed by atoms with E-state index in [1.54, 1.807) is 11.8 Å². The summed E-state index contributed by atoms with van der Waals surface area (Å²) in [6, 6.07) is 1.96. The van der Waals surface area contributed by atoms with E-state index in [1.807, 2.05) is 20.0 Å². The summed E-state index contributed by atoms with van der Waals surface area (Å²) in [5, 5.41) is 4.54. The fraction of sp³-hybridized carbons (Fsp3) is 0.636. The molecule has 94 valence electrons. The van der Waals surface area contributed by atoms with Crippen LogP contribution in [0.5, 0.6) is 0 Å². The van der Waals surface area contributed by atoms with Crippen molar-refractivity contribution in [2.24, 2.45) is 0 Å². The van der Waals surface area contributed by atoms with Crippen LogP contribution in [0.1, 0.15) is 12.7 Å². The Labute approximate surface area is 105 Å². The van der Waals surface area contributed by atoms with Crippen molar-refractivity contribution in [2.45, 2.75) is 23.8 Å². The molecule has 1 aliphatic heterocycles. The van der Waals surface area contributed by atoms with Crippen LogP contribution in [0.3, 0.4) is 0 Å². The molecule has 1 aliphatic rings. The molecule has 0 aromatic carbocycles. The summed E-state index contributed by atoms with van der Waals surface area (Å²) in [6.07, 6.45) is 0. The van der Waals surface area contributed by atoms with Gasteiger partial charge in [-0.25, -0.2) is 9.97 Å². The van der Waals surface area contributed by atoms with Crippen molar-refractivity contribution < 1.29 is 9.47 Å². The number of thioether (sulfide) groups is 1. The van der Waals surface area contributed by atoms with Gasteiger partial charge in [0.25, 0.3) is 0 Å². The number of nitrogens with one attached hydrogen (secondary N) is 1. The molecule has 0 amide bonds. The van der Waals surface area contributed by atoms with E-state index < -0.39 is 0 Å². The van der Waals surface area contributed by atoms with Crippen LogP contribution >= 0.6 is 11.8 Å². The van der Waals surface area contributed by atoms with Crippen LogP contribution in [0.15, 0.2) is 11.1 Å². The highest BCUT2D eigenvalue weighted by atomic mass is 32.2. The molecule has 0 saturated carbocycles. The highest BCUT2D eigenvalue weighted by Crippen LogP contribution is 2.27. The van der Waals surface area contributed by atoms with E-state index in [0.717, 1.165) is 29.9 Å². The van der Waals surface area contributed by atoms with Crippen LogP contribution in [0, 0.1) is 0 Å². The summed E-state index contributed by atoms with van der Waals surface area (Å²) in [4.78, 5) is 8.82. The standard InChI is InChI=1S/C11H17N3O2S/c1-3-15-7-10-13-9(12-2)4-11(14-10)17-8-5-16-6-8/h4,8H,3,5-7H2,1-2H3,(H,12,13,14). The molecule has 1 N–H and O–H groups in total. The molecule has 1 aromatic rings. The summed E-state index contributed by atoms with van der Waals surface area (Å²) >= 11 is 1.74. The first-order valence-corrected chi connectivity index (χ1v) is 6.57. The normalized spacial score (nSPS) is 15.6. The lowest BCUT2D eigenvalue weighted by Crippen LogP contribution is -2.30. The lowest BCUT2D eigenvalue weighted by atomic mass is 10.4. The number of anilines is 1. The van der Waals surface area contributed by atoms with Crippen molar-refractivity contribution in [1.29, 1.82) is 0 Å². The Morgan fingerprint density at radius 2 is 2.35 bits per heavy atom. The maximum Gasteiger partial charge on any atom is 0.157 e. The monoisotopic (exact) mass is 255 g/mol. The Kier molecular flexibility index (Phi) is 4.58. The van der Waals surface area contributed by atoms with Crippen molar-refractivity contribution in [2.75, 3.05) is 32.2 Å². The van der Waals surface area contributed by atoms with Crippen LogP contribution in [0.2, 0.25) is 0 Å². The Balaban J connectivity index is 2.06. The largest absolute Gasteiger partial charge is 0.379 e. The predicted molar refractivity (Wildman–Crippen MR) is 67.4 cm³/mol. The molecule has 0 spiro atoms. The molecule has 6 heteroatoms. The molecule has 1 saturated heterocycles. The minimum absolute atomic E-state index is 0.459. The molecule has 0 radical (unpaired) electrons. The van der Waals surface area contributed by atoms with Gasteiger partial charge >= 0.3 is 0 Å². The second kappa shape index (κ2) is 6.18. The SMILES string of the molecule is CCOCc1nc(NC)cc(SC2COC2)n1. The lowest BCUT2D eigenvalue weighted by Gasteiger charge is -2.24. The molecule has 0 atom stereocenters. The smallest absolute Gasteiger partial charge is 0.157 e. The summed E-state index contributed by atoms with van der Waals surface area (Å²) < 4.78 is 10.5. The number of hydrogen-bond donors (Lipinski definition) is 1. The first-order valence-electron chi connectivity index (χ1n) is 5.69. The van der Waals surface area contributed by atoms with Gasteiger partial charge in [-0.3, -0.25) is 0 Å². The highest BCUT2D eigenvalue weighted by Gasteiger charge is 2.20. The second-order valence-corrected chi connectivity index (χ2v) is 4.99. The zero-order valence-corrected chi connectivity index (χ0v) is 10.9. The molecule has 0 unspecified atom stereocenters. The van der Waals surface area contributed by atoms with Gasteiger partial charge < -0.3 is 14.8 Å². The summed E-state index contributed by atoms with van der Waals surface area (Å²) in [5.41, 5.74) is 0. The van der Waals surface area contributed by atoms with Crippen LogP contribution in [0.4, 0.5) is 5.82 Å². The Morgan fingerprint density at radius 1 is 1.53 bits per heavy atom. The summed E-state index contributed by atoms with van der Waals surface area (Å²) in [7, 11) is 1.85. The lowest BCUT2D eigenvalue weighted by molar-refractivity contribution is 0.0454. The molecule has 1 fully saturated rings. The van der Waals surface area contributed by atoms with E-state index in [0.29, 0.717) is 18.5 Å². The number of aromatic nitrogens is 2. The third-order valence-corrected chi connectivity index (χ3v) is 3.39. The van der Waals surface area contributed by atoms with Gasteiger partial charge in [-0.15, -0.1) is 0 Å². The zero-order chi connectivity index (χ0) is 12.1. The van der Waals surface area contributed by atoms with Gasteiger partial charge in [0.15, 0.2) is 5.82 Å². The van der Waals surface area contributed by atoms with Crippen LogP contribution in [-0.2, 0) is 16.1 Å². The van der Waals surface area contributed by atoms with E-state index in [2.05, 4.69) is 15.3 Å². The number of nitrogens with zero attached hydrogens (tertiary/aromatic N) is 2. The van der Waals surface area contributed by atoms with Crippen molar-refractivity contribution in [3.63, 3.8) is 0 Å². The van der Waals surface area contributed by atoms with Crippen LogP contribution < -0.4 is 5.32 Å². The zero-order valence-electron chi connectivity index (χ0n) is 10.1. The Bertz CT molecular complexity index is 372. The summed E-state index contributed by atoms with van der Waals surface area (Å²) in [6.45, 7) is 4.71. The van der Waals surface area contributed by atoms with E-state index >= 15 is 0 Å². The first-order chi connectivity index (χ1) is 8.31. The fourth-order valence-corrected chi connectivity index (χ4v) is 2.38. The second-order valence-electron chi connectivity index (χ2n) is 3.67. The van der Waals surface area contributed by atoms with Crippen LogP contribution in [0.25, 0.3) is 0 Å². The van der Waals surface area contributed by atoms with E-state index in [9.17, 15) is 0 Å². The average Bonchev–Trinajstić information content (AvgIpc) is 2.31. The third-order valence-electron chi connectivity index (χ3n) is 2.34. The average molecular weight is 255 g/mol. The maximum absolute atomic E-state index is 5.33. The van der Waals surface area contributed by atoms with E-state index in [1.165, 1.54) is 0 Å². The molecular formula is C11H17N3O2S. The Hall–Kier alpha value is -0.850. The van der Waals surface area contributed by atoms with Crippen molar-refractivity contribution in [3.8, 4) is 0 Å². The van der Waals surface area contributed by atoms with Crippen molar-refractivity contribution in [3.05, 3.63) is 11.9 Å². The number of rotatable bonds is 6. The fourth-order valence-electron chi connectivity index (χ4n) is 1.37. The van der Waals surface area contributed by atoms with Gasteiger partial charge in [-0.2, -0.15) is 0 Å².